The lowest BCUT2D eigenvalue weighted by Crippen LogP contribution is -2.22. The van der Waals surface area contributed by atoms with Crippen LogP contribution in [0.3, 0.4) is 0 Å². The molecule has 3 nitrogen and oxygen atoms in total. The lowest BCUT2D eigenvalue weighted by atomic mass is 9.89. The van der Waals surface area contributed by atoms with Gasteiger partial charge in [0.05, 0.1) is 12.7 Å². The summed E-state index contributed by atoms with van der Waals surface area (Å²) < 4.78 is 11.7. The molecule has 0 heterocycles. The lowest BCUT2D eigenvalue weighted by molar-refractivity contribution is 0.00559. The minimum atomic E-state index is 0.447. The van der Waals surface area contributed by atoms with Crippen molar-refractivity contribution >= 4 is 0 Å². The van der Waals surface area contributed by atoms with E-state index >= 15 is 0 Å². The van der Waals surface area contributed by atoms with Gasteiger partial charge in [0.2, 0.25) is 0 Å². The van der Waals surface area contributed by atoms with E-state index in [1.807, 2.05) is 25.2 Å². The molecule has 0 bridgehead atoms. The number of rotatable bonds is 7. The van der Waals surface area contributed by atoms with Gasteiger partial charge in [0.1, 0.15) is 12.4 Å². The van der Waals surface area contributed by atoms with Gasteiger partial charge in [-0.05, 0) is 44.7 Å². The molecule has 1 fully saturated rings. The lowest BCUT2D eigenvalue weighted by Gasteiger charge is -2.26. The zero-order valence-corrected chi connectivity index (χ0v) is 12.7. The van der Waals surface area contributed by atoms with Crippen LogP contribution >= 0.6 is 0 Å². The van der Waals surface area contributed by atoms with Crippen molar-refractivity contribution in [1.82, 2.24) is 5.32 Å². The van der Waals surface area contributed by atoms with Gasteiger partial charge in [-0.3, -0.25) is 0 Å². The van der Waals surface area contributed by atoms with Crippen molar-refractivity contribution in [2.75, 3.05) is 20.3 Å². The molecule has 0 atom stereocenters. The summed E-state index contributed by atoms with van der Waals surface area (Å²) in [6.07, 6.45) is 5.46. The number of hydrogen-bond acceptors (Lipinski definition) is 3. The van der Waals surface area contributed by atoms with Crippen LogP contribution in [-0.2, 0) is 11.3 Å². The minimum Gasteiger partial charge on any atom is -0.491 e. The van der Waals surface area contributed by atoms with Gasteiger partial charge in [-0.2, -0.15) is 0 Å². The molecule has 3 heteroatoms. The fourth-order valence-corrected chi connectivity index (χ4v) is 2.74. The van der Waals surface area contributed by atoms with Crippen LogP contribution in [0.4, 0.5) is 0 Å². The highest BCUT2D eigenvalue weighted by Crippen LogP contribution is 2.25. The highest BCUT2D eigenvalue weighted by atomic mass is 16.5. The highest BCUT2D eigenvalue weighted by Gasteiger charge is 2.18. The van der Waals surface area contributed by atoms with Gasteiger partial charge in [0.25, 0.3) is 0 Å². The molecule has 0 amide bonds. The second kappa shape index (κ2) is 8.28. The first kappa shape index (κ1) is 15.3. The highest BCUT2D eigenvalue weighted by molar-refractivity contribution is 5.33. The summed E-state index contributed by atoms with van der Waals surface area (Å²) in [4.78, 5) is 0. The maximum atomic E-state index is 5.91. The van der Waals surface area contributed by atoms with Crippen molar-refractivity contribution in [2.45, 2.75) is 45.3 Å². The summed E-state index contributed by atoms with van der Waals surface area (Å²) in [6.45, 7) is 4.48. The fraction of sp³-hybridized carbons (Fsp3) is 0.647. The van der Waals surface area contributed by atoms with Crippen LogP contribution in [0.2, 0.25) is 0 Å². The Kier molecular flexibility index (Phi) is 6.34. The molecule has 1 aliphatic carbocycles. The predicted octanol–water partition coefficient (Wildman–Crippen LogP) is 3.38. The summed E-state index contributed by atoms with van der Waals surface area (Å²) in [7, 11) is 1.95. The van der Waals surface area contributed by atoms with Crippen LogP contribution in [0.25, 0.3) is 0 Å². The van der Waals surface area contributed by atoms with E-state index in [1.165, 1.54) is 31.2 Å². The molecule has 0 radical (unpaired) electrons. The van der Waals surface area contributed by atoms with Gasteiger partial charge in [-0.15, -0.1) is 0 Å². The van der Waals surface area contributed by atoms with Crippen LogP contribution in [-0.4, -0.2) is 26.4 Å². The zero-order chi connectivity index (χ0) is 14.2. The van der Waals surface area contributed by atoms with Gasteiger partial charge in [0, 0.05) is 12.1 Å². The maximum Gasteiger partial charge on any atom is 0.123 e. The molecule has 0 spiro atoms. The second-order valence-electron chi connectivity index (χ2n) is 5.74. The molecule has 0 unspecified atom stereocenters. The number of nitrogens with one attached hydrogen (secondary N) is 1. The zero-order valence-electron chi connectivity index (χ0n) is 12.7. The molecule has 1 N–H and O–H groups in total. The van der Waals surface area contributed by atoms with Gasteiger partial charge >= 0.3 is 0 Å². The largest absolute Gasteiger partial charge is 0.491 e. The molecule has 1 saturated carbocycles. The molecule has 1 aromatic rings. The van der Waals surface area contributed by atoms with Crippen molar-refractivity contribution in [3.8, 4) is 5.75 Å². The average Bonchev–Trinajstić information content (AvgIpc) is 2.47. The Morgan fingerprint density at radius 2 is 1.85 bits per heavy atom. The topological polar surface area (TPSA) is 30.5 Å². The first-order valence-corrected chi connectivity index (χ1v) is 7.76. The third-order valence-corrected chi connectivity index (χ3v) is 4.00. The smallest absolute Gasteiger partial charge is 0.123 e. The molecule has 20 heavy (non-hydrogen) atoms. The molecule has 112 valence electrons. The Morgan fingerprint density at radius 1 is 1.10 bits per heavy atom. The predicted molar refractivity (Wildman–Crippen MR) is 82.1 cm³/mol. The van der Waals surface area contributed by atoms with Crippen molar-refractivity contribution in [2.24, 2.45) is 5.92 Å². The molecular formula is C17H27NO2. The van der Waals surface area contributed by atoms with E-state index in [0.29, 0.717) is 19.3 Å². The normalized spacial score (nSPS) is 22.7. The van der Waals surface area contributed by atoms with Crippen molar-refractivity contribution in [3.05, 3.63) is 29.8 Å². The van der Waals surface area contributed by atoms with Crippen LogP contribution in [0.15, 0.2) is 24.3 Å². The van der Waals surface area contributed by atoms with Crippen LogP contribution in [0.1, 0.15) is 38.2 Å². The Hall–Kier alpha value is -1.06. The number of para-hydroxylation sites is 1. The summed E-state index contributed by atoms with van der Waals surface area (Å²) >= 11 is 0. The monoisotopic (exact) mass is 277 g/mol. The van der Waals surface area contributed by atoms with E-state index in [1.54, 1.807) is 0 Å². The minimum absolute atomic E-state index is 0.447. The molecule has 1 aliphatic rings. The maximum absolute atomic E-state index is 5.91. The first-order valence-electron chi connectivity index (χ1n) is 7.76. The number of hydrogen-bond donors (Lipinski definition) is 1. The van der Waals surface area contributed by atoms with Gasteiger partial charge in [0.15, 0.2) is 0 Å². The van der Waals surface area contributed by atoms with Crippen molar-refractivity contribution < 1.29 is 9.47 Å². The SMILES string of the molecule is CNCc1ccccc1OCCOC1CCC(C)CC1. The van der Waals surface area contributed by atoms with E-state index in [0.717, 1.165) is 18.2 Å². The Labute approximate surface area is 122 Å². The Bertz CT molecular complexity index is 386. The van der Waals surface area contributed by atoms with Gasteiger partial charge in [-0.1, -0.05) is 25.1 Å². The fourth-order valence-electron chi connectivity index (χ4n) is 2.74. The average molecular weight is 277 g/mol. The van der Waals surface area contributed by atoms with Crippen molar-refractivity contribution in [1.29, 1.82) is 0 Å². The molecule has 0 aromatic heterocycles. The molecular weight excluding hydrogens is 250 g/mol. The van der Waals surface area contributed by atoms with Crippen LogP contribution in [0, 0.1) is 5.92 Å². The molecule has 0 saturated heterocycles. The summed E-state index contributed by atoms with van der Waals surface area (Å²) in [6, 6.07) is 8.17. The third kappa shape index (κ3) is 4.80. The molecule has 2 rings (SSSR count). The van der Waals surface area contributed by atoms with E-state index in [-0.39, 0.29) is 0 Å². The van der Waals surface area contributed by atoms with Crippen LogP contribution < -0.4 is 10.1 Å². The van der Waals surface area contributed by atoms with Crippen LogP contribution in [0.5, 0.6) is 5.75 Å². The summed E-state index contributed by atoms with van der Waals surface area (Å²) in [5.74, 6) is 1.84. The Morgan fingerprint density at radius 3 is 2.60 bits per heavy atom. The standard InChI is InChI=1S/C17H27NO2/c1-14-7-9-16(10-8-14)19-11-12-20-17-6-4-3-5-15(17)13-18-2/h3-6,14,16,18H,7-13H2,1-2H3. The first-order chi connectivity index (χ1) is 9.79. The summed E-state index contributed by atoms with van der Waals surface area (Å²) in [5, 5.41) is 3.16. The van der Waals surface area contributed by atoms with E-state index in [4.69, 9.17) is 9.47 Å². The quantitative estimate of drug-likeness (QED) is 0.775. The van der Waals surface area contributed by atoms with E-state index in [9.17, 15) is 0 Å². The molecule has 0 aliphatic heterocycles. The number of ether oxygens (including phenoxy) is 2. The molecule has 1 aromatic carbocycles. The van der Waals surface area contributed by atoms with Gasteiger partial charge < -0.3 is 14.8 Å². The third-order valence-electron chi connectivity index (χ3n) is 4.00. The second-order valence-corrected chi connectivity index (χ2v) is 5.74. The van der Waals surface area contributed by atoms with Crippen molar-refractivity contribution in [3.63, 3.8) is 0 Å². The summed E-state index contributed by atoms with van der Waals surface area (Å²) in [5.41, 5.74) is 1.20. The Balaban J connectivity index is 1.68. The van der Waals surface area contributed by atoms with E-state index < -0.39 is 0 Å². The number of benzene rings is 1. The van der Waals surface area contributed by atoms with Gasteiger partial charge in [-0.25, -0.2) is 0 Å². The van der Waals surface area contributed by atoms with E-state index in [2.05, 4.69) is 18.3 Å².